The summed E-state index contributed by atoms with van der Waals surface area (Å²) in [5.74, 6) is 0.550. The Balaban J connectivity index is 2.22. The topological polar surface area (TPSA) is 71.3 Å². The molecule has 0 atom stereocenters. The maximum absolute atomic E-state index is 12.1. The lowest BCUT2D eigenvalue weighted by atomic mass is 10.3. The smallest absolute Gasteiger partial charge is 0.295 e. The van der Waals surface area contributed by atoms with Crippen LogP contribution in [0.1, 0.15) is 5.76 Å². The molecule has 0 radical (unpaired) electrons. The molecule has 0 saturated heterocycles. The summed E-state index contributed by atoms with van der Waals surface area (Å²) < 4.78 is 31.8. The van der Waals surface area contributed by atoms with Gasteiger partial charge in [0.2, 0.25) is 5.09 Å². The third-order valence-corrected chi connectivity index (χ3v) is 3.82. The van der Waals surface area contributed by atoms with Crippen molar-refractivity contribution in [2.75, 3.05) is 11.8 Å². The highest BCUT2D eigenvalue weighted by molar-refractivity contribution is 7.92. The van der Waals surface area contributed by atoms with Crippen molar-refractivity contribution < 1.29 is 12.8 Å². The van der Waals surface area contributed by atoms with Gasteiger partial charge >= 0.3 is 0 Å². The van der Waals surface area contributed by atoms with Gasteiger partial charge in [0.25, 0.3) is 10.0 Å². The van der Waals surface area contributed by atoms with Gasteiger partial charge in [0.1, 0.15) is 5.76 Å². The first kappa shape index (κ1) is 13.9. The van der Waals surface area contributed by atoms with E-state index in [0.29, 0.717) is 23.0 Å². The fraction of sp³-hybridized carbons (Fsp3) is 0.167. The molecule has 102 valence electrons. The fourth-order valence-corrected chi connectivity index (χ4v) is 2.72. The summed E-state index contributed by atoms with van der Waals surface area (Å²) in [5, 5.41) is 3.21. The van der Waals surface area contributed by atoms with Crippen LogP contribution in [0.5, 0.6) is 0 Å². The van der Waals surface area contributed by atoms with Crippen LogP contribution in [-0.2, 0) is 16.6 Å². The molecule has 1 aromatic heterocycles. The predicted octanol–water partition coefficient (Wildman–Crippen LogP) is 2.45. The number of furan rings is 1. The third kappa shape index (κ3) is 3.50. The molecule has 0 aliphatic heterocycles. The molecule has 0 saturated carbocycles. The molecule has 0 spiro atoms. The molecule has 2 N–H and O–H groups in total. The maximum atomic E-state index is 12.1. The van der Waals surface area contributed by atoms with Crippen LogP contribution in [0.25, 0.3) is 0 Å². The Hall–Kier alpha value is -1.50. The lowest BCUT2D eigenvalue weighted by Gasteiger charge is -2.05. The Morgan fingerprint density at radius 2 is 2.05 bits per heavy atom. The van der Waals surface area contributed by atoms with Gasteiger partial charge in [-0.1, -0.05) is 17.7 Å². The Kier molecular flexibility index (Phi) is 4.14. The maximum Gasteiger partial charge on any atom is 0.295 e. The lowest BCUT2D eigenvalue weighted by Crippen LogP contribution is -2.12. The normalized spacial score (nSPS) is 11.5. The first-order valence-corrected chi connectivity index (χ1v) is 7.39. The Morgan fingerprint density at radius 1 is 1.26 bits per heavy atom. The Bertz CT molecular complexity index is 667. The van der Waals surface area contributed by atoms with Gasteiger partial charge in [0.15, 0.2) is 0 Å². The van der Waals surface area contributed by atoms with E-state index < -0.39 is 10.0 Å². The molecule has 0 bridgehead atoms. The van der Waals surface area contributed by atoms with E-state index in [1.54, 1.807) is 31.3 Å². The highest BCUT2D eigenvalue weighted by atomic mass is 35.5. The summed E-state index contributed by atoms with van der Waals surface area (Å²) in [6.45, 7) is 0.465. The van der Waals surface area contributed by atoms with Gasteiger partial charge in [-0.3, -0.25) is 4.72 Å². The van der Waals surface area contributed by atoms with Crippen molar-refractivity contribution >= 4 is 27.3 Å². The van der Waals surface area contributed by atoms with Crippen LogP contribution in [0, 0.1) is 0 Å². The van der Waals surface area contributed by atoms with Crippen molar-refractivity contribution in [2.45, 2.75) is 11.6 Å². The molecule has 5 nitrogen and oxygen atoms in total. The molecular formula is C12H13ClN2O3S. The first-order valence-electron chi connectivity index (χ1n) is 5.53. The molecule has 0 aliphatic rings. The van der Waals surface area contributed by atoms with E-state index in [4.69, 9.17) is 16.0 Å². The number of rotatable bonds is 5. The average molecular weight is 301 g/mol. The predicted molar refractivity (Wildman–Crippen MR) is 73.7 cm³/mol. The minimum absolute atomic E-state index is 0.127. The SMILES string of the molecule is CNCc1ccc(S(=O)(=O)Nc2cccc(Cl)c2)o1. The number of halogens is 1. The highest BCUT2D eigenvalue weighted by Crippen LogP contribution is 2.20. The number of hydrogen-bond acceptors (Lipinski definition) is 4. The van der Waals surface area contributed by atoms with Crippen molar-refractivity contribution in [3.63, 3.8) is 0 Å². The number of benzene rings is 1. The fourth-order valence-electron chi connectivity index (χ4n) is 1.53. The van der Waals surface area contributed by atoms with Crippen molar-refractivity contribution in [2.24, 2.45) is 0 Å². The van der Waals surface area contributed by atoms with E-state index in [9.17, 15) is 8.42 Å². The van der Waals surface area contributed by atoms with Gasteiger partial charge < -0.3 is 9.73 Å². The van der Waals surface area contributed by atoms with Gasteiger partial charge in [0, 0.05) is 5.02 Å². The van der Waals surface area contributed by atoms with Crippen LogP contribution >= 0.6 is 11.6 Å². The van der Waals surface area contributed by atoms with Gasteiger partial charge in [-0.2, -0.15) is 8.42 Å². The quantitative estimate of drug-likeness (QED) is 0.890. The van der Waals surface area contributed by atoms with Crippen molar-refractivity contribution in [3.8, 4) is 0 Å². The van der Waals surface area contributed by atoms with Crippen LogP contribution < -0.4 is 10.0 Å². The zero-order valence-electron chi connectivity index (χ0n) is 10.2. The van der Waals surface area contributed by atoms with E-state index in [2.05, 4.69) is 10.0 Å². The minimum Gasteiger partial charge on any atom is -0.446 e. The van der Waals surface area contributed by atoms with Crippen LogP contribution in [-0.4, -0.2) is 15.5 Å². The van der Waals surface area contributed by atoms with E-state index in [0.717, 1.165) is 0 Å². The second-order valence-electron chi connectivity index (χ2n) is 3.87. The molecule has 2 aromatic rings. The molecule has 19 heavy (non-hydrogen) atoms. The zero-order chi connectivity index (χ0) is 13.9. The van der Waals surface area contributed by atoms with Gasteiger partial charge in [-0.05, 0) is 37.4 Å². The van der Waals surface area contributed by atoms with Gasteiger partial charge in [-0.15, -0.1) is 0 Å². The zero-order valence-corrected chi connectivity index (χ0v) is 11.8. The molecular weight excluding hydrogens is 288 g/mol. The monoisotopic (exact) mass is 300 g/mol. The number of hydrogen-bond donors (Lipinski definition) is 2. The summed E-state index contributed by atoms with van der Waals surface area (Å²) >= 11 is 5.80. The molecule has 0 aliphatic carbocycles. The summed E-state index contributed by atoms with van der Waals surface area (Å²) in [6, 6.07) is 9.49. The Labute approximate surface area is 116 Å². The number of nitrogens with one attached hydrogen (secondary N) is 2. The number of anilines is 1. The Morgan fingerprint density at radius 3 is 2.74 bits per heavy atom. The minimum atomic E-state index is -3.73. The molecule has 0 fully saturated rings. The molecule has 2 rings (SSSR count). The van der Waals surface area contributed by atoms with Crippen molar-refractivity contribution in [1.29, 1.82) is 0 Å². The third-order valence-electron chi connectivity index (χ3n) is 2.33. The largest absolute Gasteiger partial charge is 0.446 e. The van der Waals surface area contributed by atoms with E-state index in [1.165, 1.54) is 12.1 Å². The standard InChI is InChI=1S/C12H13ClN2O3S/c1-14-8-11-5-6-12(18-11)19(16,17)15-10-4-2-3-9(13)7-10/h2-7,14-15H,8H2,1H3. The average Bonchev–Trinajstić information content (AvgIpc) is 2.78. The second kappa shape index (κ2) is 5.64. The summed E-state index contributed by atoms with van der Waals surface area (Å²) in [6.07, 6.45) is 0. The van der Waals surface area contributed by atoms with E-state index >= 15 is 0 Å². The molecule has 1 aromatic carbocycles. The van der Waals surface area contributed by atoms with Crippen molar-refractivity contribution in [3.05, 3.63) is 47.2 Å². The van der Waals surface area contributed by atoms with Crippen molar-refractivity contribution in [1.82, 2.24) is 5.32 Å². The highest BCUT2D eigenvalue weighted by Gasteiger charge is 2.18. The molecule has 0 amide bonds. The lowest BCUT2D eigenvalue weighted by molar-refractivity contribution is 0.408. The molecule has 7 heteroatoms. The van der Waals surface area contributed by atoms with Gasteiger partial charge in [0.05, 0.1) is 12.2 Å². The van der Waals surface area contributed by atoms with E-state index in [-0.39, 0.29) is 5.09 Å². The van der Waals surface area contributed by atoms with Crippen LogP contribution in [0.2, 0.25) is 5.02 Å². The van der Waals surface area contributed by atoms with Crippen LogP contribution in [0.15, 0.2) is 45.9 Å². The van der Waals surface area contributed by atoms with Crippen LogP contribution in [0.4, 0.5) is 5.69 Å². The summed E-state index contributed by atoms with van der Waals surface area (Å²) in [5.41, 5.74) is 0.388. The first-order chi connectivity index (χ1) is 9.01. The molecule has 1 heterocycles. The second-order valence-corrected chi connectivity index (χ2v) is 5.92. The number of sulfonamides is 1. The summed E-state index contributed by atoms with van der Waals surface area (Å²) in [4.78, 5) is 0. The molecule has 0 unspecified atom stereocenters. The van der Waals surface area contributed by atoms with Gasteiger partial charge in [-0.25, -0.2) is 0 Å². The van der Waals surface area contributed by atoms with E-state index in [1.807, 2.05) is 0 Å². The van der Waals surface area contributed by atoms with Crippen LogP contribution in [0.3, 0.4) is 0 Å². The summed E-state index contributed by atoms with van der Waals surface area (Å²) in [7, 11) is -1.98.